The van der Waals surface area contributed by atoms with Gasteiger partial charge in [0, 0.05) is 17.0 Å². The van der Waals surface area contributed by atoms with Gasteiger partial charge in [-0.15, -0.1) is 0 Å². The maximum absolute atomic E-state index is 4.41. The Hall–Kier alpha value is -1.89. The molecule has 0 spiro atoms. The molecule has 3 rings (SSSR count). The molecule has 1 heteroatoms. The number of fused-ring (bicyclic) bond motifs is 3. The molecule has 80 valence electrons. The normalized spacial score (nSPS) is 9.88. The average molecular weight is 209 g/mol. The minimum atomic E-state index is 1.09. The quantitative estimate of drug-likeness (QED) is 0.499. The van der Waals surface area contributed by atoms with Gasteiger partial charge in [0.1, 0.15) is 0 Å². The number of nitrogens with zero attached hydrogens (tertiary/aromatic N) is 1. The molecule has 0 saturated carbocycles. The van der Waals surface area contributed by atoms with E-state index in [4.69, 9.17) is 0 Å². The van der Waals surface area contributed by atoms with Crippen LogP contribution in [-0.4, -0.2) is 4.98 Å². The lowest BCUT2D eigenvalue weighted by molar-refractivity contribution is 1.43. The van der Waals surface area contributed by atoms with E-state index in [2.05, 4.69) is 47.4 Å². The van der Waals surface area contributed by atoms with E-state index in [0.717, 1.165) is 5.52 Å². The van der Waals surface area contributed by atoms with Crippen LogP contribution in [0.3, 0.4) is 0 Å². The van der Waals surface area contributed by atoms with Gasteiger partial charge in [-0.1, -0.05) is 56.3 Å². The van der Waals surface area contributed by atoms with Crippen LogP contribution in [0.4, 0.5) is 0 Å². The standard InChI is InChI=1S/C13H9N.C2H6/c1-2-6-12-10(4-1)7-8-11-5-3-9-14-13(11)12;1-2/h1-9H;1-2H3. The Morgan fingerprint density at radius 1 is 0.750 bits per heavy atom. The molecule has 0 saturated heterocycles. The van der Waals surface area contributed by atoms with E-state index >= 15 is 0 Å². The third kappa shape index (κ3) is 1.76. The molecule has 0 aliphatic rings. The van der Waals surface area contributed by atoms with Crippen LogP contribution in [0.5, 0.6) is 0 Å². The summed E-state index contributed by atoms with van der Waals surface area (Å²) in [4.78, 5) is 4.41. The Kier molecular flexibility index (Phi) is 3.16. The van der Waals surface area contributed by atoms with Gasteiger partial charge in [0.2, 0.25) is 0 Å². The lowest BCUT2D eigenvalue weighted by atomic mass is 10.1. The van der Waals surface area contributed by atoms with Gasteiger partial charge in [-0.2, -0.15) is 0 Å². The van der Waals surface area contributed by atoms with Gasteiger partial charge in [0.15, 0.2) is 0 Å². The summed E-state index contributed by atoms with van der Waals surface area (Å²) < 4.78 is 0. The fourth-order valence-electron chi connectivity index (χ4n) is 1.81. The Morgan fingerprint density at radius 3 is 2.31 bits per heavy atom. The molecular weight excluding hydrogens is 194 g/mol. The van der Waals surface area contributed by atoms with Crippen molar-refractivity contribution in [3.63, 3.8) is 0 Å². The fraction of sp³-hybridized carbons (Fsp3) is 0.133. The van der Waals surface area contributed by atoms with Crippen molar-refractivity contribution in [3.05, 3.63) is 54.7 Å². The van der Waals surface area contributed by atoms with Crippen molar-refractivity contribution in [2.45, 2.75) is 13.8 Å². The van der Waals surface area contributed by atoms with Crippen molar-refractivity contribution >= 4 is 21.7 Å². The number of rotatable bonds is 0. The highest BCUT2D eigenvalue weighted by Crippen LogP contribution is 2.22. The van der Waals surface area contributed by atoms with Crippen LogP contribution < -0.4 is 0 Å². The Labute approximate surface area is 95.8 Å². The van der Waals surface area contributed by atoms with Crippen LogP contribution in [0.2, 0.25) is 0 Å². The van der Waals surface area contributed by atoms with Crippen molar-refractivity contribution < 1.29 is 0 Å². The minimum Gasteiger partial charge on any atom is -0.256 e. The molecule has 1 aromatic heterocycles. The maximum atomic E-state index is 4.41. The predicted octanol–water partition coefficient (Wildman–Crippen LogP) is 4.41. The molecule has 0 N–H and O–H groups in total. The van der Waals surface area contributed by atoms with Crippen LogP contribution in [0.25, 0.3) is 21.7 Å². The summed E-state index contributed by atoms with van der Waals surface area (Å²) in [5.74, 6) is 0. The predicted molar refractivity (Wildman–Crippen MR) is 70.6 cm³/mol. The molecule has 1 nitrogen and oxygen atoms in total. The Balaban J connectivity index is 0.000000457. The molecule has 0 atom stereocenters. The zero-order chi connectivity index (χ0) is 11.4. The van der Waals surface area contributed by atoms with E-state index in [1.165, 1.54) is 16.2 Å². The van der Waals surface area contributed by atoms with Gasteiger partial charge < -0.3 is 0 Å². The Bertz CT molecular complexity index is 544. The summed E-state index contributed by atoms with van der Waals surface area (Å²) >= 11 is 0. The van der Waals surface area contributed by atoms with E-state index in [1.54, 1.807) is 0 Å². The first-order chi connectivity index (χ1) is 7.95. The molecule has 0 amide bonds. The van der Waals surface area contributed by atoms with Crippen molar-refractivity contribution in [2.24, 2.45) is 0 Å². The van der Waals surface area contributed by atoms with Crippen LogP contribution in [0.15, 0.2) is 54.7 Å². The van der Waals surface area contributed by atoms with E-state index in [-0.39, 0.29) is 0 Å². The summed E-state index contributed by atoms with van der Waals surface area (Å²) in [5.41, 5.74) is 1.09. The van der Waals surface area contributed by atoms with Crippen LogP contribution >= 0.6 is 0 Å². The summed E-state index contributed by atoms with van der Waals surface area (Å²) in [6.45, 7) is 4.00. The molecule has 0 unspecified atom stereocenters. The molecule has 0 fully saturated rings. The van der Waals surface area contributed by atoms with Gasteiger partial charge >= 0.3 is 0 Å². The Morgan fingerprint density at radius 2 is 1.44 bits per heavy atom. The van der Waals surface area contributed by atoms with Crippen molar-refractivity contribution in [3.8, 4) is 0 Å². The van der Waals surface area contributed by atoms with E-state index in [0.29, 0.717) is 0 Å². The van der Waals surface area contributed by atoms with E-state index in [9.17, 15) is 0 Å². The van der Waals surface area contributed by atoms with Gasteiger partial charge in [0.05, 0.1) is 5.52 Å². The number of hydrogen-bond acceptors (Lipinski definition) is 1. The molecule has 0 aliphatic heterocycles. The molecular formula is C15H15N. The van der Waals surface area contributed by atoms with Gasteiger partial charge in [-0.25, -0.2) is 0 Å². The van der Waals surface area contributed by atoms with Gasteiger partial charge in [-0.3, -0.25) is 4.98 Å². The lowest BCUT2D eigenvalue weighted by Gasteiger charge is -2.01. The summed E-state index contributed by atoms with van der Waals surface area (Å²) in [7, 11) is 0. The number of pyridine rings is 1. The number of hydrogen-bond donors (Lipinski definition) is 0. The summed E-state index contributed by atoms with van der Waals surface area (Å²) in [5, 5.41) is 3.68. The molecule has 2 aromatic carbocycles. The van der Waals surface area contributed by atoms with Crippen LogP contribution in [0.1, 0.15) is 13.8 Å². The second-order valence-corrected chi connectivity index (χ2v) is 3.36. The topological polar surface area (TPSA) is 12.9 Å². The third-order valence-electron chi connectivity index (χ3n) is 2.50. The molecule has 1 heterocycles. The summed E-state index contributed by atoms with van der Waals surface area (Å²) in [6, 6.07) is 16.7. The second kappa shape index (κ2) is 4.75. The molecule has 0 bridgehead atoms. The maximum Gasteiger partial charge on any atom is 0.0780 e. The number of aromatic nitrogens is 1. The second-order valence-electron chi connectivity index (χ2n) is 3.36. The lowest BCUT2D eigenvalue weighted by Crippen LogP contribution is -1.79. The fourth-order valence-corrected chi connectivity index (χ4v) is 1.81. The minimum absolute atomic E-state index is 1.09. The first kappa shape index (κ1) is 10.6. The van der Waals surface area contributed by atoms with Crippen LogP contribution in [-0.2, 0) is 0 Å². The van der Waals surface area contributed by atoms with Crippen molar-refractivity contribution in [1.29, 1.82) is 0 Å². The molecule has 0 radical (unpaired) electrons. The van der Waals surface area contributed by atoms with E-state index in [1.807, 2.05) is 26.1 Å². The SMILES string of the molecule is CC.c1ccc2c(c1)ccc1cccnc12. The number of benzene rings is 2. The van der Waals surface area contributed by atoms with Gasteiger partial charge in [-0.05, 0) is 11.5 Å². The largest absolute Gasteiger partial charge is 0.256 e. The molecule has 3 aromatic rings. The smallest absolute Gasteiger partial charge is 0.0780 e. The third-order valence-corrected chi connectivity index (χ3v) is 2.50. The van der Waals surface area contributed by atoms with Crippen molar-refractivity contribution in [2.75, 3.05) is 0 Å². The zero-order valence-corrected chi connectivity index (χ0v) is 9.64. The van der Waals surface area contributed by atoms with Crippen molar-refractivity contribution in [1.82, 2.24) is 4.98 Å². The zero-order valence-electron chi connectivity index (χ0n) is 9.64. The van der Waals surface area contributed by atoms with E-state index < -0.39 is 0 Å². The van der Waals surface area contributed by atoms with Crippen LogP contribution in [0, 0.1) is 0 Å². The highest BCUT2D eigenvalue weighted by Gasteiger charge is 1.98. The first-order valence-corrected chi connectivity index (χ1v) is 5.68. The monoisotopic (exact) mass is 209 g/mol. The van der Waals surface area contributed by atoms with Gasteiger partial charge in [0.25, 0.3) is 0 Å². The molecule has 16 heavy (non-hydrogen) atoms. The first-order valence-electron chi connectivity index (χ1n) is 5.68. The molecule has 0 aliphatic carbocycles. The summed E-state index contributed by atoms with van der Waals surface area (Å²) in [6.07, 6.45) is 1.84. The average Bonchev–Trinajstić information content (AvgIpc) is 2.41. The highest BCUT2D eigenvalue weighted by atomic mass is 14.6. The highest BCUT2D eigenvalue weighted by molar-refractivity contribution is 6.04.